The van der Waals surface area contributed by atoms with Crippen LogP contribution >= 0.6 is 0 Å². The van der Waals surface area contributed by atoms with E-state index in [0.29, 0.717) is 57.5 Å². The van der Waals surface area contributed by atoms with Gasteiger partial charge in [-0.25, -0.2) is 0 Å². The lowest BCUT2D eigenvalue weighted by molar-refractivity contribution is -0.179. The second-order valence-corrected chi connectivity index (χ2v) is 11.5. The summed E-state index contributed by atoms with van der Waals surface area (Å²) in [5, 5.41) is 3.25. The lowest BCUT2D eigenvalue weighted by atomic mass is 9.78. The summed E-state index contributed by atoms with van der Waals surface area (Å²) in [6, 6.07) is 0.206. The molecule has 0 aromatic rings. The average molecular weight is 444 g/mol. The van der Waals surface area contributed by atoms with Crippen LogP contribution in [0.3, 0.4) is 0 Å². The van der Waals surface area contributed by atoms with Crippen molar-refractivity contribution in [1.29, 1.82) is 0 Å². The van der Waals surface area contributed by atoms with Crippen LogP contribution < -0.4 is 5.32 Å². The average Bonchev–Trinajstić information content (AvgIpc) is 3.19. The quantitative estimate of drug-likeness (QED) is 0.715. The third kappa shape index (κ3) is 4.55. The van der Waals surface area contributed by atoms with Crippen LogP contribution in [0.1, 0.15) is 58.8 Å². The molecule has 0 aromatic carbocycles. The maximum absolute atomic E-state index is 13.2. The van der Waals surface area contributed by atoms with Crippen molar-refractivity contribution in [3.8, 4) is 0 Å². The van der Waals surface area contributed by atoms with Crippen LogP contribution in [0, 0.1) is 17.8 Å². The Bertz CT molecular complexity index is 714. The topological polar surface area (TPSA) is 88.2 Å². The number of nitrogens with zero attached hydrogens (tertiary/aromatic N) is 2. The first kappa shape index (κ1) is 22.5. The van der Waals surface area contributed by atoms with Crippen LogP contribution in [0.25, 0.3) is 0 Å². The highest BCUT2D eigenvalue weighted by molar-refractivity contribution is 7.86. The maximum Gasteiger partial charge on any atom is 0.282 e. The number of amides is 1. The first-order chi connectivity index (χ1) is 14.3. The molecule has 0 aromatic heterocycles. The minimum Gasteiger partial charge on any atom is -0.353 e. The normalized spacial score (nSPS) is 36.1. The number of nitrogens with one attached hydrogen (secondary N) is 1. The summed E-state index contributed by atoms with van der Waals surface area (Å²) in [6.07, 6.45) is 5.97. The smallest absolute Gasteiger partial charge is 0.282 e. The molecule has 3 saturated heterocycles. The highest BCUT2D eigenvalue weighted by Gasteiger charge is 2.44. The third-order valence-corrected chi connectivity index (χ3v) is 9.74. The lowest BCUT2D eigenvalue weighted by Crippen LogP contribution is -2.55. The molecular formula is C21H37N3O5S. The Morgan fingerprint density at radius 3 is 2.37 bits per heavy atom. The SMILES string of the molecule is CC1CCCC(NC(=O)C2CCCN(S(=O)(=O)N3CCC4(CC3)OCCO4)C2)C1C. The largest absolute Gasteiger partial charge is 0.353 e. The summed E-state index contributed by atoms with van der Waals surface area (Å²) >= 11 is 0. The van der Waals surface area contributed by atoms with E-state index in [0.717, 1.165) is 25.7 Å². The van der Waals surface area contributed by atoms with Crippen LogP contribution in [-0.4, -0.2) is 74.2 Å². The lowest BCUT2D eigenvalue weighted by Gasteiger charge is -2.41. The highest BCUT2D eigenvalue weighted by Crippen LogP contribution is 2.34. The predicted molar refractivity (Wildman–Crippen MR) is 113 cm³/mol. The Morgan fingerprint density at radius 2 is 1.67 bits per heavy atom. The summed E-state index contributed by atoms with van der Waals surface area (Å²) in [7, 11) is -3.57. The summed E-state index contributed by atoms with van der Waals surface area (Å²) in [4.78, 5) is 13.0. The fourth-order valence-electron chi connectivity index (χ4n) is 5.46. The zero-order chi connectivity index (χ0) is 21.4. The highest BCUT2D eigenvalue weighted by atomic mass is 32.2. The molecule has 9 heteroatoms. The van der Waals surface area contributed by atoms with Crippen molar-refractivity contribution in [1.82, 2.24) is 13.9 Å². The first-order valence-corrected chi connectivity index (χ1v) is 13.0. The summed E-state index contributed by atoms with van der Waals surface area (Å²) in [6.45, 7) is 7.18. The van der Waals surface area contributed by atoms with E-state index in [1.54, 1.807) is 0 Å². The molecule has 1 spiro atoms. The Hall–Kier alpha value is -0.740. The molecule has 1 N–H and O–H groups in total. The monoisotopic (exact) mass is 443 g/mol. The van der Waals surface area contributed by atoms with E-state index >= 15 is 0 Å². The number of hydrogen-bond donors (Lipinski definition) is 1. The van der Waals surface area contributed by atoms with Gasteiger partial charge in [-0.2, -0.15) is 17.0 Å². The van der Waals surface area contributed by atoms with Crippen molar-refractivity contribution in [2.45, 2.75) is 70.6 Å². The van der Waals surface area contributed by atoms with Crippen molar-refractivity contribution in [2.75, 3.05) is 39.4 Å². The molecule has 4 fully saturated rings. The molecule has 172 valence electrons. The van der Waals surface area contributed by atoms with E-state index in [1.165, 1.54) is 15.0 Å². The van der Waals surface area contributed by atoms with Crippen molar-refractivity contribution >= 4 is 16.1 Å². The van der Waals surface area contributed by atoms with Crippen LogP contribution in [0.5, 0.6) is 0 Å². The van der Waals surface area contributed by atoms with E-state index in [-0.39, 0.29) is 24.4 Å². The van der Waals surface area contributed by atoms with Gasteiger partial charge < -0.3 is 14.8 Å². The van der Waals surface area contributed by atoms with E-state index < -0.39 is 16.0 Å². The molecule has 3 heterocycles. The number of carbonyl (C=O) groups excluding carboxylic acids is 1. The van der Waals surface area contributed by atoms with Gasteiger partial charge in [-0.1, -0.05) is 26.7 Å². The van der Waals surface area contributed by atoms with E-state index in [4.69, 9.17) is 9.47 Å². The molecule has 8 nitrogen and oxygen atoms in total. The van der Waals surface area contributed by atoms with Crippen molar-refractivity contribution in [3.63, 3.8) is 0 Å². The molecule has 1 aliphatic carbocycles. The van der Waals surface area contributed by atoms with Crippen molar-refractivity contribution < 1.29 is 22.7 Å². The van der Waals surface area contributed by atoms with Gasteiger partial charge in [0.1, 0.15) is 0 Å². The zero-order valence-electron chi connectivity index (χ0n) is 18.3. The number of piperidine rings is 2. The molecular weight excluding hydrogens is 406 g/mol. The number of ether oxygens (including phenoxy) is 2. The minimum absolute atomic E-state index is 0.0196. The molecule has 4 aliphatic rings. The van der Waals surface area contributed by atoms with Gasteiger partial charge in [0.2, 0.25) is 5.91 Å². The zero-order valence-corrected chi connectivity index (χ0v) is 19.2. The van der Waals surface area contributed by atoms with Gasteiger partial charge in [0.05, 0.1) is 19.1 Å². The second kappa shape index (κ2) is 9.02. The third-order valence-electron chi connectivity index (χ3n) is 7.74. The van der Waals surface area contributed by atoms with Gasteiger partial charge in [0.15, 0.2) is 5.79 Å². The summed E-state index contributed by atoms with van der Waals surface area (Å²) in [5.74, 6) is 0.237. The van der Waals surface area contributed by atoms with Crippen molar-refractivity contribution in [2.24, 2.45) is 17.8 Å². The standard InChI is InChI=1S/C21H37N3O5S/c1-16-5-3-7-19(17(16)2)22-20(25)18-6-4-10-24(15-18)30(26,27)23-11-8-21(9-12-23)28-13-14-29-21/h16-19H,3-15H2,1-2H3,(H,22,25). The molecule has 0 radical (unpaired) electrons. The minimum atomic E-state index is -3.57. The van der Waals surface area contributed by atoms with Gasteiger partial charge in [0, 0.05) is 45.1 Å². The van der Waals surface area contributed by atoms with Crippen LogP contribution in [-0.2, 0) is 24.5 Å². The first-order valence-electron chi connectivity index (χ1n) is 11.6. The molecule has 4 atom stereocenters. The Labute approximate surface area is 180 Å². The van der Waals surface area contributed by atoms with Crippen molar-refractivity contribution in [3.05, 3.63) is 0 Å². The van der Waals surface area contributed by atoms with Gasteiger partial charge in [-0.3, -0.25) is 4.79 Å². The predicted octanol–water partition coefficient (Wildman–Crippen LogP) is 1.72. The molecule has 30 heavy (non-hydrogen) atoms. The molecule has 1 amide bonds. The van der Waals surface area contributed by atoms with Crippen LogP contribution in [0.4, 0.5) is 0 Å². The van der Waals surface area contributed by atoms with E-state index in [2.05, 4.69) is 19.2 Å². The fourth-order valence-corrected chi connectivity index (χ4v) is 7.16. The molecule has 4 rings (SSSR count). The molecule has 1 saturated carbocycles. The number of carbonyl (C=O) groups is 1. The number of rotatable bonds is 4. The summed E-state index contributed by atoms with van der Waals surface area (Å²) in [5.41, 5.74) is 0. The second-order valence-electron chi connectivity index (χ2n) is 9.59. The summed E-state index contributed by atoms with van der Waals surface area (Å²) < 4.78 is 41.0. The van der Waals surface area contributed by atoms with Crippen LogP contribution in [0.2, 0.25) is 0 Å². The molecule has 0 bridgehead atoms. The Morgan fingerprint density at radius 1 is 0.967 bits per heavy atom. The Kier molecular flexibility index (Phi) is 6.75. The van der Waals surface area contributed by atoms with Gasteiger partial charge in [-0.05, 0) is 31.1 Å². The van der Waals surface area contributed by atoms with Gasteiger partial charge in [0.25, 0.3) is 10.2 Å². The van der Waals surface area contributed by atoms with Crippen LogP contribution in [0.15, 0.2) is 0 Å². The van der Waals surface area contributed by atoms with Gasteiger partial charge in [-0.15, -0.1) is 0 Å². The van der Waals surface area contributed by atoms with E-state index in [1.807, 2.05) is 0 Å². The maximum atomic E-state index is 13.2. The molecule has 3 aliphatic heterocycles. The van der Waals surface area contributed by atoms with E-state index in [9.17, 15) is 13.2 Å². The van der Waals surface area contributed by atoms with Gasteiger partial charge >= 0.3 is 0 Å². The molecule has 4 unspecified atom stereocenters. The number of hydrogen-bond acceptors (Lipinski definition) is 5. The Balaban J connectivity index is 1.34. The fraction of sp³-hybridized carbons (Fsp3) is 0.952.